The van der Waals surface area contributed by atoms with Crippen molar-refractivity contribution in [2.45, 2.75) is 13.8 Å². The summed E-state index contributed by atoms with van der Waals surface area (Å²) in [6.45, 7) is 6.75. The molecule has 0 aliphatic rings. The molecule has 0 saturated heterocycles. The molecule has 1 nitrogen and oxygen atoms in total. The molecule has 104 heavy (non-hydrogen) atoms. The molecule has 16 rings (SSSR count). The predicted molar refractivity (Wildman–Crippen MR) is 432 cm³/mol. The van der Waals surface area contributed by atoms with Crippen LogP contribution in [0.1, 0.15) is 13.8 Å². The summed E-state index contributed by atoms with van der Waals surface area (Å²) in [7, 11) is -3.41. The molecule has 0 saturated carbocycles. The Hall–Kier alpha value is -7.06. The summed E-state index contributed by atoms with van der Waals surface area (Å²) < 4.78 is 0. The molecule has 0 unspecified atom stereocenters. The van der Waals surface area contributed by atoms with Crippen molar-refractivity contribution in [3.8, 4) is 22.3 Å². The van der Waals surface area contributed by atoms with Gasteiger partial charge in [0.05, 0.1) is 13.1 Å². The molecule has 16 aromatic rings. The van der Waals surface area contributed by atoms with Crippen molar-refractivity contribution < 1.29 is 106 Å². The van der Waals surface area contributed by atoms with E-state index >= 15 is 0 Å². The second-order valence-corrected chi connectivity index (χ2v) is 32.6. The number of quaternary nitrogens is 1. The molecule has 2 N–H and O–H groups in total. The predicted octanol–water partition coefficient (Wildman–Crippen LogP) is 2.96. The summed E-state index contributed by atoms with van der Waals surface area (Å²) in [5, 5.41) is 28.9. The third-order valence-electron chi connectivity index (χ3n) is 17.8. The molecule has 0 fully saturated rings. The number of hydrogen-bond acceptors (Lipinski definition) is 0. The van der Waals surface area contributed by atoms with E-state index in [1.807, 2.05) is 0 Å². The monoisotopic (exact) mass is 1700 g/mol. The van der Waals surface area contributed by atoms with Crippen molar-refractivity contribution in [1.29, 1.82) is 0 Å². The molecular weight excluding hydrogens is 1620 g/mol. The fraction of sp³-hybridized carbons (Fsp3) is 0.0435. The van der Waals surface area contributed by atoms with Crippen LogP contribution in [0.25, 0.3) is 65.3 Å². The van der Waals surface area contributed by atoms with Crippen molar-refractivity contribution in [2.75, 3.05) is 13.1 Å². The molecule has 0 aromatic heterocycles. The number of benzene rings is 16. The van der Waals surface area contributed by atoms with Crippen LogP contribution in [0.5, 0.6) is 0 Å². The van der Waals surface area contributed by atoms with Crippen LogP contribution in [0.2, 0.25) is 0 Å². The number of nitrogens with two attached hydrogens (primary N) is 1. The Labute approximate surface area is 675 Å². The normalized spacial score (nSPS) is 10.5. The van der Waals surface area contributed by atoms with E-state index in [1.54, 1.807) is 0 Å². The third kappa shape index (κ3) is 18.8. The molecule has 0 bridgehead atoms. The fourth-order valence-corrected chi connectivity index (χ4v) is 23.3. The van der Waals surface area contributed by atoms with Crippen LogP contribution in [-0.4, -0.2) is 13.1 Å². The van der Waals surface area contributed by atoms with Gasteiger partial charge in [-0.2, -0.15) is 0 Å². The van der Waals surface area contributed by atoms with E-state index in [0.29, 0.717) is 0 Å². The van der Waals surface area contributed by atoms with Gasteiger partial charge in [-0.3, -0.25) is 0 Å². The minimum absolute atomic E-state index is 0. The average molecular weight is 1700 g/mol. The van der Waals surface area contributed by atoms with Gasteiger partial charge in [0.2, 0.25) is 0 Å². The number of halogens is 5. The summed E-state index contributed by atoms with van der Waals surface area (Å²) >= 11 is 0. The maximum Gasteiger partial charge on any atom is 2.00 e. The van der Waals surface area contributed by atoms with Crippen LogP contribution in [-0.2, 0) is 39.0 Å². The van der Waals surface area contributed by atoms with Gasteiger partial charge >= 0.3 is 39.0 Å². The molecule has 12 heteroatoms. The maximum atomic E-state index is 2.42. The smallest absolute Gasteiger partial charge is 1.00 e. The van der Waals surface area contributed by atoms with Crippen molar-refractivity contribution in [3.63, 3.8) is 0 Å². The number of rotatable bonds is 16. The molecule has 0 aliphatic heterocycles. The van der Waals surface area contributed by atoms with Gasteiger partial charge < -0.3 is 67.4 Å². The van der Waals surface area contributed by atoms with E-state index in [4.69, 9.17) is 0 Å². The number of hydrogen-bond donors (Lipinski definition) is 1. The Kier molecular flexibility index (Phi) is 33.8. The third-order valence-corrected chi connectivity index (χ3v) is 27.7. The Balaban J connectivity index is 0.000000257. The van der Waals surface area contributed by atoms with Gasteiger partial charge in [-0.05, 0) is 175 Å². The van der Waals surface area contributed by atoms with Crippen LogP contribution in [0.4, 0.5) is 0 Å². The second-order valence-electron chi connectivity index (χ2n) is 23.9. The van der Waals surface area contributed by atoms with E-state index in [-0.39, 0.29) is 101 Å². The van der Waals surface area contributed by atoms with E-state index in [1.165, 1.54) is 142 Å². The van der Waals surface area contributed by atoms with Crippen molar-refractivity contribution in [2.24, 2.45) is 0 Å². The fourth-order valence-electron chi connectivity index (χ4n) is 13.5. The molecule has 0 atom stereocenters. The van der Waals surface area contributed by atoms with Crippen LogP contribution < -0.4 is 131 Å². The first kappa shape index (κ1) is 84.2. The van der Waals surface area contributed by atoms with E-state index in [9.17, 15) is 0 Å². The number of fused-ring (bicyclic) bond motifs is 4. The Bertz CT molecular complexity index is 4440. The van der Waals surface area contributed by atoms with Gasteiger partial charge in [0.15, 0.2) is 0 Å². The first-order valence-corrected chi connectivity index (χ1v) is 39.0. The van der Waals surface area contributed by atoms with Gasteiger partial charge in [0.25, 0.3) is 0 Å². The van der Waals surface area contributed by atoms with E-state index < -0.39 is 31.7 Å². The zero-order valence-electron chi connectivity index (χ0n) is 57.3. The largest absolute Gasteiger partial charge is 2.00 e. The van der Waals surface area contributed by atoms with E-state index in [0.717, 1.165) is 0 Å². The molecule has 0 heterocycles. The minimum atomic E-state index is -0.852. The van der Waals surface area contributed by atoms with E-state index in [2.05, 4.69) is 407 Å². The first-order valence-electron chi connectivity index (χ1n) is 33.7. The van der Waals surface area contributed by atoms with Gasteiger partial charge in [-0.1, -0.05) is 388 Å². The summed E-state index contributed by atoms with van der Waals surface area (Å²) in [4.78, 5) is 0. The van der Waals surface area contributed by atoms with Crippen LogP contribution in [0.3, 0.4) is 0 Å². The summed E-state index contributed by atoms with van der Waals surface area (Å²) in [5.41, 5.74) is 5.40. The molecule has 16 aromatic carbocycles. The molecule has 520 valence electrons. The second kappa shape index (κ2) is 41.7. The topological polar surface area (TPSA) is 16.6 Å². The SMILES string of the molecule is CC[NH2+]CC.[Cl-].[Cl-].[Cl-].[Cl-].[Cl-].[Ru+2].[Ru+2].c1ccc(P(c2ccccc2)c2ccc3ccccc3c2-c2c(P(c3ccccc3)c3ccccc3)ccc3ccccc23)cc1.c1ccc(P(c2ccccc2)c2ccc3ccccc3c2-c2c(P(c3ccccc3)c3ccccc3)ccc3ccccc23)cc1. The average Bonchev–Trinajstić information content (AvgIpc) is 0.739. The minimum Gasteiger partial charge on any atom is -1.00 e. The first-order chi connectivity index (χ1) is 48.1. The van der Waals surface area contributed by atoms with Gasteiger partial charge in [-0.15, -0.1) is 0 Å². The summed E-state index contributed by atoms with van der Waals surface area (Å²) in [6.07, 6.45) is 0. The van der Waals surface area contributed by atoms with Crippen LogP contribution in [0.15, 0.2) is 388 Å². The Morgan fingerprint density at radius 1 is 0.183 bits per heavy atom. The summed E-state index contributed by atoms with van der Waals surface area (Å²) in [5.74, 6) is 0. The van der Waals surface area contributed by atoms with Gasteiger partial charge in [-0.25, -0.2) is 0 Å². The molecular formula is C92H76Cl5NP4Ru2. The zero-order valence-corrected chi connectivity index (χ0v) is 68.2. The van der Waals surface area contributed by atoms with Gasteiger partial charge in [0, 0.05) is 0 Å². The Morgan fingerprint density at radius 3 is 0.471 bits per heavy atom. The van der Waals surface area contributed by atoms with Gasteiger partial charge in [0.1, 0.15) is 0 Å². The van der Waals surface area contributed by atoms with Crippen LogP contribution in [0, 0.1) is 0 Å². The quantitative estimate of drug-likeness (QED) is 0.114. The zero-order chi connectivity index (χ0) is 65.5. The van der Waals surface area contributed by atoms with Crippen LogP contribution >= 0.6 is 31.7 Å². The standard InChI is InChI=1S/2C44H32P2.C4H11N.5ClH.2Ru/c2*1-5-19-35(20-6-1)45(36-21-7-2-8-22-36)41-31-29-33-17-13-15-27-39(33)43(41)44-40-28-16-14-18-34(40)30-32-42(44)46(37-23-9-3-10-24-37)38-25-11-4-12-26-38;1-3-5-4-2;;;;;;;/h2*1-32H;5H,3-4H2,1-2H3;5*1H;;/q;;;;;;;;2*+2/p-4. The summed E-state index contributed by atoms with van der Waals surface area (Å²) in [6, 6.07) is 144. The molecule has 0 amide bonds. The maximum absolute atomic E-state index is 2.42. The van der Waals surface area contributed by atoms with Crippen molar-refractivity contribution in [3.05, 3.63) is 388 Å². The van der Waals surface area contributed by atoms with Crippen molar-refractivity contribution >= 4 is 138 Å². The Morgan fingerprint density at radius 2 is 0.327 bits per heavy atom. The van der Waals surface area contributed by atoms with Crippen molar-refractivity contribution in [1.82, 2.24) is 0 Å². The molecule has 0 aliphatic carbocycles. The molecule has 0 spiro atoms. The molecule has 0 radical (unpaired) electrons.